The summed E-state index contributed by atoms with van der Waals surface area (Å²) in [4.78, 5) is 23.3. The molecule has 0 aromatic heterocycles. The molecular weight excluding hydrogens is 320 g/mol. The number of para-hydroxylation sites is 2. The van der Waals surface area contributed by atoms with Crippen LogP contribution in [-0.4, -0.2) is 22.5 Å². The van der Waals surface area contributed by atoms with E-state index < -0.39 is 22.5 Å². The summed E-state index contributed by atoms with van der Waals surface area (Å²) in [6.07, 6.45) is 0.363. The van der Waals surface area contributed by atoms with Crippen LogP contribution in [0.2, 0.25) is 0 Å². The first-order valence-corrected chi connectivity index (χ1v) is 8.03. The van der Waals surface area contributed by atoms with E-state index in [1.54, 1.807) is 39.0 Å². The number of hydrogen-bond acceptors (Lipinski definition) is 5. The molecule has 6 nitrogen and oxygen atoms in total. The summed E-state index contributed by atoms with van der Waals surface area (Å²) in [7, 11) is 0. The van der Waals surface area contributed by atoms with Gasteiger partial charge in [0.15, 0.2) is 0 Å². The Bertz CT molecular complexity index is 739. The molecule has 25 heavy (non-hydrogen) atoms. The fourth-order valence-electron chi connectivity index (χ4n) is 2.36. The number of anilines is 1. The normalized spacial score (nSPS) is 12.3. The molecule has 0 radical (unpaired) electrons. The highest BCUT2D eigenvalue weighted by atomic mass is 16.6. The standard InChI is InChI=1S/C19H22N2O4/c1-19(2,3)25-18(22)16(13-14-9-5-4-6-10-14)20-15-11-7-8-12-17(15)21(23)24/h4-12,16,20H,13H2,1-3H3/t16-/m0/s1. The van der Waals surface area contributed by atoms with Gasteiger partial charge in [0.2, 0.25) is 0 Å². The first kappa shape index (κ1) is 18.4. The zero-order valence-corrected chi connectivity index (χ0v) is 14.6. The number of nitrogens with zero attached hydrogens (tertiary/aromatic N) is 1. The maximum atomic E-state index is 12.6. The quantitative estimate of drug-likeness (QED) is 0.488. The fraction of sp³-hybridized carbons (Fsp3) is 0.316. The lowest BCUT2D eigenvalue weighted by atomic mass is 10.0. The van der Waals surface area contributed by atoms with Crippen molar-refractivity contribution in [1.29, 1.82) is 0 Å². The van der Waals surface area contributed by atoms with E-state index in [0.717, 1.165) is 5.56 Å². The minimum absolute atomic E-state index is 0.0795. The van der Waals surface area contributed by atoms with Gasteiger partial charge in [-0.15, -0.1) is 0 Å². The topological polar surface area (TPSA) is 81.5 Å². The van der Waals surface area contributed by atoms with E-state index in [9.17, 15) is 14.9 Å². The molecule has 0 unspecified atom stereocenters. The maximum absolute atomic E-state index is 12.6. The van der Waals surface area contributed by atoms with E-state index in [-0.39, 0.29) is 5.69 Å². The molecule has 0 saturated carbocycles. The Balaban J connectivity index is 2.28. The third-order valence-electron chi connectivity index (χ3n) is 3.40. The summed E-state index contributed by atoms with van der Waals surface area (Å²) in [5.74, 6) is -0.450. The van der Waals surface area contributed by atoms with Crippen LogP contribution in [-0.2, 0) is 16.0 Å². The van der Waals surface area contributed by atoms with E-state index in [1.807, 2.05) is 30.3 Å². The Morgan fingerprint density at radius 1 is 1.12 bits per heavy atom. The second-order valence-electron chi connectivity index (χ2n) is 6.69. The molecule has 0 bridgehead atoms. The van der Waals surface area contributed by atoms with E-state index in [1.165, 1.54) is 6.07 Å². The van der Waals surface area contributed by atoms with Gasteiger partial charge in [-0.05, 0) is 32.4 Å². The monoisotopic (exact) mass is 342 g/mol. The number of rotatable bonds is 6. The summed E-state index contributed by atoms with van der Waals surface area (Å²) in [6, 6.07) is 15.0. The third-order valence-corrected chi connectivity index (χ3v) is 3.40. The predicted molar refractivity (Wildman–Crippen MR) is 96.5 cm³/mol. The lowest BCUT2D eigenvalue weighted by Gasteiger charge is -2.25. The Hall–Kier alpha value is -2.89. The Morgan fingerprint density at radius 3 is 2.32 bits per heavy atom. The van der Waals surface area contributed by atoms with Crippen molar-refractivity contribution >= 4 is 17.3 Å². The molecule has 0 amide bonds. The number of nitro benzene ring substituents is 1. The summed E-state index contributed by atoms with van der Waals surface area (Å²) >= 11 is 0. The van der Waals surface area contributed by atoms with Crippen molar-refractivity contribution in [3.05, 3.63) is 70.3 Å². The van der Waals surface area contributed by atoms with Crippen molar-refractivity contribution < 1.29 is 14.5 Å². The SMILES string of the molecule is CC(C)(C)OC(=O)[C@H](Cc1ccccc1)Nc1ccccc1[N+](=O)[O-]. The van der Waals surface area contributed by atoms with Gasteiger partial charge in [0.25, 0.3) is 5.69 Å². The van der Waals surface area contributed by atoms with Gasteiger partial charge in [0, 0.05) is 12.5 Å². The van der Waals surface area contributed by atoms with Gasteiger partial charge in [-0.1, -0.05) is 42.5 Å². The lowest BCUT2D eigenvalue weighted by Crippen LogP contribution is -2.38. The van der Waals surface area contributed by atoms with Crippen LogP contribution < -0.4 is 5.32 Å². The molecule has 6 heteroatoms. The Morgan fingerprint density at radius 2 is 1.72 bits per heavy atom. The number of ether oxygens (including phenoxy) is 1. The number of benzene rings is 2. The van der Waals surface area contributed by atoms with Crippen LogP contribution in [0.15, 0.2) is 54.6 Å². The average molecular weight is 342 g/mol. The minimum atomic E-state index is -0.734. The Kier molecular flexibility index (Phi) is 5.75. The Labute approximate surface area is 147 Å². The molecule has 2 aromatic carbocycles. The second kappa shape index (κ2) is 7.79. The van der Waals surface area contributed by atoms with Crippen LogP contribution in [0.3, 0.4) is 0 Å². The summed E-state index contributed by atoms with van der Waals surface area (Å²) in [5.41, 5.74) is 0.504. The fourth-order valence-corrected chi connectivity index (χ4v) is 2.36. The number of carbonyl (C=O) groups excluding carboxylic acids is 1. The van der Waals surface area contributed by atoms with E-state index in [4.69, 9.17) is 4.74 Å². The van der Waals surface area contributed by atoms with E-state index >= 15 is 0 Å². The van der Waals surface area contributed by atoms with Gasteiger partial charge in [-0.25, -0.2) is 4.79 Å². The highest BCUT2D eigenvalue weighted by Gasteiger charge is 2.27. The van der Waals surface area contributed by atoms with Crippen LogP contribution in [0, 0.1) is 10.1 Å². The van der Waals surface area contributed by atoms with Crippen LogP contribution in [0.4, 0.5) is 11.4 Å². The van der Waals surface area contributed by atoms with Crippen molar-refractivity contribution in [3.8, 4) is 0 Å². The van der Waals surface area contributed by atoms with Crippen molar-refractivity contribution in [2.24, 2.45) is 0 Å². The van der Waals surface area contributed by atoms with Gasteiger partial charge in [-0.2, -0.15) is 0 Å². The van der Waals surface area contributed by atoms with Crippen molar-refractivity contribution in [2.45, 2.75) is 38.8 Å². The number of hydrogen-bond donors (Lipinski definition) is 1. The summed E-state index contributed by atoms with van der Waals surface area (Å²) in [6.45, 7) is 5.36. The second-order valence-corrected chi connectivity index (χ2v) is 6.69. The molecule has 0 aliphatic carbocycles. The molecular formula is C19H22N2O4. The number of carbonyl (C=O) groups is 1. The third kappa shape index (κ3) is 5.60. The first-order valence-electron chi connectivity index (χ1n) is 8.03. The predicted octanol–water partition coefficient (Wildman–Crippen LogP) is 3.96. The van der Waals surface area contributed by atoms with Gasteiger partial charge in [0.1, 0.15) is 17.3 Å². The minimum Gasteiger partial charge on any atom is -0.458 e. The lowest BCUT2D eigenvalue weighted by molar-refractivity contribution is -0.384. The smallest absolute Gasteiger partial charge is 0.329 e. The average Bonchev–Trinajstić information content (AvgIpc) is 2.54. The van der Waals surface area contributed by atoms with Crippen LogP contribution in [0.5, 0.6) is 0 Å². The summed E-state index contributed by atoms with van der Waals surface area (Å²) < 4.78 is 5.47. The zero-order chi connectivity index (χ0) is 18.4. The molecule has 0 aliphatic heterocycles. The van der Waals surface area contributed by atoms with Gasteiger partial charge < -0.3 is 10.1 Å². The van der Waals surface area contributed by atoms with E-state index in [2.05, 4.69) is 5.32 Å². The highest BCUT2D eigenvalue weighted by Crippen LogP contribution is 2.25. The molecule has 132 valence electrons. The molecule has 0 spiro atoms. The zero-order valence-electron chi connectivity index (χ0n) is 14.6. The molecule has 0 saturated heterocycles. The van der Waals surface area contributed by atoms with Crippen LogP contribution >= 0.6 is 0 Å². The van der Waals surface area contributed by atoms with Gasteiger partial charge in [0.05, 0.1) is 4.92 Å². The largest absolute Gasteiger partial charge is 0.458 e. The van der Waals surface area contributed by atoms with Crippen LogP contribution in [0.1, 0.15) is 26.3 Å². The molecule has 0 fully saturated rings. The van der Waals surface area contributed by atoms with Crippen molar-refractivity contribution in [2.75, 3.05) is 5.32 Å². The van der Waals surface area contributed by atoms with Crippen molar-refractivity contribution in [3.63, 3.8) is 0 Å². The molecule has 0 aliphatic rings. The molecule has 2 rings (SSSR count). The van der Waals surface area contributed by atoms with Crippen LogP contribution in [0.25, 0.3) is 0 Å². The van der Waals surface area contributed by atoms with E-state index in [0.29, 0.717) is 12.1 Å². The van der Waals surface area contributed by atoms with Gasteiger partial charge in [-0.3, -0.25) is 10.1 Å². The number of nitro groups is 1. The van der Waals surface area contributed by atoms with Gasteiger partial charge >= 0.3 is 5.97 Å². The number of esters is 1. The molecule has 1 atom stereocenters. The maximum Gasteiger partial charge on any atom is 0.329 e. The number of nitrogens with one attached hydrogen (secondary N) is 1. The molecule has 1 N–H and O–H groups in total. The molecule has 2 aromatic rings. The van der Waals surface area contributed by atoms with Crippen molar-refractivity contribution in [1.82, 2.24) is 0 Å². The highest BCUT2D eigenvalue weighted by molar-refractivity contribution is 5.81. The summed E-state index contributed by atoms with van der Waals surface area (Å²) in [5, 5.41) is 14.2. The molecule has 0 heterocycles. The first-order chi connectivity index (χ1) is 11.8.